The van der Waals surface area contributed by atoms with E-state index in [1.807, 2.05) is 36.1 Å². The van der Waals surface area contributed by atoms with Crippen molar-refractivity contribution in [2.24, 2.45) is 0 Å². The molecule has 0 bridgehead atoms. The van der Waals surface area contributed by atoms with Crippen LogP contribution in [0.1, 0.15) is 52.0 Å². The van der Waals surface area contributed by atoms with Crippen molar-refractivity contribution in [1.29, 1.82) is 0 Å². The van der Waals surface area contributed by atoms with Crippen molar-refractivity contribution >= 4 is 50.8 Å². The number of likely N-dealkylation sites (tertiary alicyclic amines) is 1. The topological polar surface area (TPSA) is 61.4 Å². The second kappa shape index (κ2) is 9.98. The zero-order valence-electron chi connectivity index (χ0n) is 16.3. The monoisotopic (exact) mass is 473 g/mol. The number of nitrogens with zero attached hydrogens (tertiary/aromatic N) is 1. The van der Waals surface area contributed by atoms with Gasteiger partial charge in [0.2, 0.25) is 0 Å². The van der Waals surface area contributed by atoms with Crippen LogP contribution >= 0.6 is 28.1 Å². The van der Waals surface area contributed by atoms with Gasteiger partial charge in [-0.05, 0) is 67.9 Å². The summed E-state index contributed by atoms with van der Waals surface area (Å²) >= 11 is 8.70. The molecule has 0 aliphatic carbocycles. The van der Waals surface area contributed by atoms with Gasteiger partial charge in [0.25, 0.3) is 11.8 Å². The van der Waals surface area contributed by atoms with E-state index in [0.717, 1.165) is 36.0 Å². The van der Waals surface area contributed by atoms with Crippen molar-refractivity contribution in [1.82, 2.24) is 10.2 Å². The number of carbonyl (C=O) groups is 2. The van der Waals surface area contributed by atoms with Crippen LogP contribution in [0, 0.1) is 6.92 Å². The van der Waals surface area contributed by atoms with E-state index in [1.54, 1.807) is 18.2 Å². The molecule has 7 heteroatoms. The molecule has 0 radical (unpaired) electrons. The van der Waals surface area contributed by atoms with E-state index in [-0.39, 0.29) is 16.9 Å². The van der Waals surface area contributed by atoms with Crippen LogP contribution in [-0.4, -0.2) is 34.9 Å². The zero-order valence-corrected chi connectivity index (χ0v) is 18.7. The lowest BCUT2D eigenvalue weighted by molar-refractivity contribution is 0.0761. The number of aryl methyl sites for hydroxylation is 1. The van der Waals surface area contributed by atoms with Crippen molar-refractivity contribution in [2.45, 2.75) is 32.6 Å². The van der Waals surface area contributed by atoms with Crippen LogP contribution in [0.5, 0.6) is 0 Å². The van der Waals surface area contributed by atoms with Crippen LogP contribution in [0.2, 0.25) is 0 Å². The number of nitrogens with one attached hydrogen (secondary N) is 2. The van der Waals surface area contributed by atoms with Crippen molar-refractivity contribution in [2.75, 3.05) is 18.4 Å². The summed E-state index contributed by atoms with van der Waals surface area (Å²) in [6.07, 6.45) is 4.46. The molecule has 1 saturated heterocycles. The minimum absolute atomic E-state index is 0.0370. The predicted molar refractivity (Wildman–Crippen MR) is 123 cm³/mol. The lowest BCUT2D eigenvalue weighted by Gasteiger charge is -2.20. The highest BCUT2D eigenvalue weighted by atomic mass is 79.9. The number of halogens is 1. The Hall–Kier alpha value is -2.25. The summed E-state index contributed by atoms with van der Waals surface area (Å²) in [4.78, 5) is 27.1. The summed E-state index contributed by atoms with van der Waals surface area (Å²) in [5.41, 5.74) is 2.85. The van der Waals surface area contributed by atoms with E-state index < -0.39 is 0 Å². The van der Waals surface area contributed by atoms with Crippen LogP contribution in [0.25, 0.3) is 0 Å². The molecule has 152 valence electrons. The van der Waals surface area contributed by atoms with E-state index >= 15 is 0 Å². The maximum atomic E-state index is 12.8. The lowest BCUT2D eigenvalue weighted by atomic mass is 10.1. The number of amides is 2. The van der Waals surface area contributed by atoms with Crippen LogP contribution in [0.4, 0.5) is 5.69 Å². The Balaban J connectivity index is 1.63. The predicted octanol–water partition coefficient (Wildman–Crippen LogP) is 4.90. The van der Waals surface area contributed by atoms with Gasteiger partial charge in [-0.1, -0.05) is 40.9 Å². The van der Waals surface area contributed by atoms with E-state index in [2.05, 4.69) is 26.6 Å². The van der Waals surface area contributed by atoms with Crippen molar-refractivity contribution < 1.29 is 9.59 Å². The van der Waals surface area contributed by atoms with Gasteiger partial charge in [-0.25, -0.2) is 0 Å². The second-order valence-electron chi connectivity index (χ2n) is 7.16. The molecule has 2 aromatic rings. The largest absolute Gasteiger partial charge is 0.339 e. The molecular formula is C22H24BrN3O2S. The molecule has 29 heavy (non-hydrogen) atoms. The highest BCUT2D eigenvalue weighted by Gasteiger charge is 2.17. The highest BCUT2D eigenvalue weighted by Crippen LogP contribution is 2.18. The molecule has 0 unspecified atom stereocenters. The molecule has 3 rings (SSSR count). The van der Waals surface area contributed by atoms with Crippen LogP contribution in [-0.2, 0) is 0 Å². The number of rotatable bonds is 3. The number of benzene rings is 2. The van der Waals surface area contributed by atoms with Crippen molar-refractivity contribution in [3.8, 4) is 0 Å². The Morgan fingerprint density at radius 2 is 1.72 bits per heavy atom. The maximum absolute atomic E-state index is 12.8. The van der Waals surface area contributed by atoms with Gasteiger partial charge in [-0.2, -0.15) is 0 Å². The summed E-state index contributed by atoms with van der Waals surface area (Å²) in [6, 6.07) is 12.6. The van der Waals surface area contributed by atoms with Gasteiger partial charge in [-0.3, -0.25) is 14.9 Å². The molecule has 2 amide bonds. The normalized spacial score (nSPS) is 14.1. The Morgan fingerprint density at radius 1 is 1.00 bits per heavy atom. The SMILES string of the molecule is Cc1ccc(C(=O)NC(=S)Nc2cccc(C(=O)N3CCCCCC3)c2)cc1Br. The van der Waals surface area contributed by atoms with Gasteiger partial charge in [0.15, 0.2) is 5.11 Å². The molecule has 2 N–H and O–H groups in total. The third-order valence-corrected chi connectivity index (χ3v) is 5.98. The standard InChI is InChI=1S/C22H24BrN3O2S/c1-15-9-10-16(14-19(15)23)20(27)25-22(29)24-18-8-6-7-17(13-18)21(28)26-11-4-2-3-5-12-26/h6-10,13-14H,2-5,11-12H2,1H3,(H2,24,25,27,29). The summed E-state index contributed by atoms with van der Waals surface area (Å²) < 4.78 is 0.865. The number of carbonyl (C=O) groups excluding carboxylic acids is 2. The fourth-order valence-electron chi connectivity index (χ4n) is 3.26. The molecule has 0 aromatic heterocycles. The van der Waals surface area contributed by atoms with Crippen molar-refractivity contribution in [3.05, 3.63) is 63.6 Å². The van der Waals surface area contributed by atoms with E-state index in [4.69, 9.17) is 12.2 Å². The molecular weight excluding hydrogens is 450 g/mol. The maximum Gasteiger partial charge on any atom is 0.257 e. The summed E-state index contributed by atoms with van der Waals surface area (Å²) in [7, 11) is 0. The van der Waals surface area contributed by atoms with E-state index in [9.17, 15) is 9.59 Å². The number of hydrogen-bond acceptors (Lipinski definition) is 3. The molecule has 0 atom stereocenters. The number of thiocarbonyl (C=S) groups is 1. The molecule has 1 fully saturated rings. The van der Waals surface area contributed by atoms with Gasteiger partial charge in [0, 0.05) is 34.4 Å². The second-order valence-corrected chi connectivity index (χ2v) is 8.42. The number of hydrogen-bond donors (Lipinski definition) is 2. The fourth-order valence-corrected chi connectivity index (χ4v) is 3.85. The highest BCUT2D eigenvalue weighted by molar-refractivity contribution is 9.10. The summed E-state index contributed by atoms with van der Waals surface area (Å²) in [6.45, 7) is 3.56. The zero-order chi connectivity index (χ0) is 20.8. The first-order valence-corrected chi connectivity index (χ1v) is 10.9. The Kier molecular flexibility index (Phi) is 7.39. The first-order valence-electron chi connectivity index (χ1n) is 9.72. The Labute approximate surface area is 185 Å². The minimum Gasteiger partial charge on any atom is -0.339 e. The average Bonchev–Trinajstić information content (AvgIpc) is 2.99. The van der Waals surface area contributed by atoms with Crippen LogP contribution < -0.4 is 10.6 Å². The van der Waals surface area contributed by atoms with E-state index in [0.29, 0.717) is 16.8 Å². The van der Waals surface area contributed by atoms with Crippen LogP contribution in [0.3, 0.4) is 0 Å². The van der Waals surface area contributed by atoms with Gasteiger partial charge in [0.1, 0.15) is 0 Å². The van der Waals surface area contributed by atoms with Gasteiger partial charge < -0.3 is 10.2 Å². The first-order chi connectivity index (χ1) is 13.9. The molecule has 5 nitrogen and oxygen atoms in total. The average molecular weight is 474 g/mol. The lowest BCUT2D eigenvalue weighted by Crippen LogP contribution is -2.34. The van der Waals surface area contributed by atoms with E-state index in [1.165, 1.54) is 12.8 Å². The molecule has 1 aliphatic rings. The quantitative estimate of drug-likeness (QED) is 0.622. The van der Waals surface area contributed by atoms with Gasteiger partial charge >= 0.3 is 0 Å². The first kappa shape index (κ1) is 21.5. The molecule has 1 aliphatic heterocycles. The van der Waals surface area contributed by atoms with Crippen molar-refractivity contribution in [3.63, 3.8) is 0 Å². The fraction of sp³-hybridized carbons (Fsp3) is 0.318. The minimum atomic E-state index is -0.292. The summed E-state index contributed by atoms with van der Waals surface area (Å²) in [5, 5.41) is 5.86. The molecule has 0 saturated carbocycles. The molecule has 2 aromatic carbocycles. The third kappa shape index (κ3) is 5.87. The smallest absolute Gasteiger partial charge is 0.257 e. The van der Waals surface area contributed by atoms with Gasteiger partial charge in [-0.15, -0.1) is 0 Å². The molecule has 0 spiro atoms. The van der Waals surface area contributed by atoms with Crippen LogP contribution in [0.15, 0.2) is 46.9 Å². The number of anilines is 1. The summed E-state index contributed by atoms with van der Waals surface area (Å²) in [5.74, 6) is -0.255. The van der Waals surface area contributed by atoms with Gasteiger partial charge in [0.05, 0.1) is 0 Å². The Bertz CT molecular complexity index is 924. The Morgan fingerprint density at radius 3 is 2.41 bits per heavy atom. The third-order valence-electron chi connectivity index (χ3n) is 4.92. The molecule has 1 heterocycles.